The highest BCUT2D eigenvalue weighted by molar-refractivity contribution is 9.10. The van der Waals surface area contributed by atoms with Crippen molar-refractivity contribution in [3.05, 3.63) is 51.6 Å². The zero-order valence-corrected chi connectivity index (χ0v) is 12.6. The van der Waals surface area contributed by atoms with Crippen molar-refractivity contribution in [2.45, 2.75) is 6.92 Å². The van der Waals surface area contributed by atoms with Crippen LogP contribution in [0.3, 0.4) is 0 Å². The molecule has 0 aliphatic rings. The van der Waals surface area contributed by atoms with Crippen LogP contribution in [0.25, 0.3) is 0 Å². The molecule has 1 aromatic carbocycles. The van der Waals surface area contributed by atoms with Crippen LogP contribution in [-0.4, -0.2) is 22.0 Å². The number of aromatic carboxylic acids is 1. The van der Waals surface area contributed by atoms with Crippen LogP contribution in [0.5, 0.6) is 0 Å². The molecule has 0 unspecified atom stereocenters. The van der Waals surface area contributed by atoms with Crippen molar-refractivity contribution in [3.63, 3.8) is 0 Å². The predicted octanol–water partition coefficient (Wildman–Crippen LogP) is 2.69. The normalized spacial score (nSPS) is 10.2. The van der Waals surface area contributed by atoms with Gasteiger partial charge in [-0.2, -0.15) is 0 Å². The molecule has 0 radical (unpaired) electrons. The Hall–Kier alpha value is -2.41. The van der Waals surface area contributed by atoms with Gasteiger partial charge in [-0.05, 0) is 52.7 Å². The Bertz CT molecular complexity index is 731. The second-order valence-electron chi connectivity index (χ2n) is 4.34. The van der Waals surface area contributed by atoms with E-state index in [-0.39, 0.29) is 11.1 Å². The maximum absolute atomic E-state index is 11.5. The number of carbonyl (C=O) groups excluding carboxylic acids is 1. The summed E-state index contributed by atoms with van der Waals surface area (Å²) >= 11 is 3.17. The quantitative estimate of drug-likeness (QED) is 0.786. The van der Waals surface area contributed by atoms with Gasteiger partial charge in [0.15, 0.2) is 0 Å². The molecule has 0 aliphatic heterocycles. The number of pyridine rings is 1. The SMILES string of the molecule is Cc1ccnc(Nc2ccc(Br)c(C(=O)O)c2)c1C(N)=O. The molecule has 1 amide bonds. The zero-order valence-electron chi connectivity index (χ0n) is 11.1. The highest BCUT2D eigenvalue weighted by Crippen LogP contribution is 2.25. The summed E-state index contributed by atoms with van der Waals surface area (Å²) in [5, 5.41) is 12.0. The minimum absolute atomic E-state index is 0.105. The summed E-state index contributed by atoms with van der Waals surface area (Å²) in [6.07, 6.45) is 1.54. The van der Waals surface area contributed by atoms with Gasteiger partial charge in [0.25, 0.3) is 5.91 Å². The molecule has 7 heteroatoms. The molecule has 0 saturated carbocycles. The van der Waals surface area contributed by atoms with E-state index in [0.29, 0.717) is 21.5 Å². The number of nitrogens with two attached hydrogens (primary N) is 1. The van der Waals surface area contributed by atoms with Crippen LogP contribution in [0.4, 0.5) is 11.5 Å². The molecule has 6 nitrogen and oxygen atoms in total. The lowest BCUT2D eigenvalue weighted by Gasteiger charge is -2.12. The van der Waals surface area contributed by atoms with E-state index in [0.717, 1.165) is 0 Å². The Labute approximate surface area is 129 Å². The molecule has 4 N–H and O–H groups in total. The van der Waals surface area contributed by atoms with E-state index in [1.165, 1.54) is 6.07 Å². The number of primary amides is 1. The number of carboxylic acids is 1. The van der Waals surface area contributed by atoms with Crippen LogP contribution in [-0.2, 0) is 0 Å². The average Bonchev–Trinajstić information content (AvgIpc) is 2.40. The Balaban J connectivity index is 2.44. The number of rotatable bonds is 4. The number of carbonyl (C=O) groups is 2. The van der Waals surface area contributed by atoms with E-state index in [2.05, 4.69) is 26.2 Å². The third-order valence-corrected chi connectivity index (χ3v) is 3.56. The topological polar surface area (TPSA) is 105 Å². The maximum atomic E-state index is 11.5. The number of nitrogens with one attached hydrogen (secondary N) is 1. The molecule has 0 bridgehead atoms. The summed E-state index contributed by atoms with van der Waals surface area (Å²) in [5.41, 5.74) is 6.92. The van der Waals surface area contributed by atoms with Crippen molar-refractivity contribution in [2.24, 2.45) is 5.73 Å². The molecule has 21 heavy (non-hydrogen) atoms. The first-order valence-electron chi connectivity index (χ1n) is 5.95. The van der Waals surface area contributed by atoms with Crippen molar-refractivity contribution < 1.29 is 14.7 Å². The highest BCUT2D eigenvalue weighted by atomic mass is 79.9. The van der Waals surface area contributed by atoms with Crippen molar-refractivity contribution in [3.8, 4) is 0 Å². The second-order valence-corrected chi connectivity index (χ2v) is 5.19. The van der Waals surface area contributed by atoms with Crippen LogP contribution < -0.4 is 11.1 Å². The first-order chi connectivity index (χ1) is 9.90. The van der Waals surface area contributed by atoms with Crippen molar-refractivity contribution >= 4 is 39.3 Å². The zero-order chi connectivity index (χ0) is 15.6. The molecule has 2 aromatic rings. The minimum atomic E-state index is -1.06. The van der Waals surface area contributed by atoms with E-state index < -0.39 is 11.9 Å². The van der Waals surface area contributed by atoms with Gasteiger partial charge < -0.3 is 16.2 Å². The summed E-state index contributed by atoms with van der Waals surface area (Å²) < 4.78 is 0.466. The molecule has 1 heterocycles. The Morgan fingerprint density at radius 1 is 1.33 bits per heavy atom. The molecular formula is C14H12BrN3O3. The van der Waals surface area contributed by atoms with Gasteiger partial charge in [-0.25, -0.2) is 9.78 Å². The Morgan fingerprint density at radius 3 is 2.67 bits per heavy atom. The van der Waals surface area contributed by atoms with Crippen LogP contribution in [0, 0.1) is 6.92 Å². The lowest BCUT2D eigenvalue weighted by molar-refractivity contribution is 0.0695. The average molecular weight is 350 g/mol. The van der Waals surface area contributed by atoms with Gasteiger partial charge in [0.1, 0.15) is 5.82 Å². The van der Waals surface area contributed by atoms with Gasteiger partial charge in [0.05, 0.1) is 11.1 Å². The van der Waals surface area contributed by atoms with E-state index in [4.69, 9.17) is 10.8 Å². The molecule has 0 spiro atoms. The number of carboxylic acid groups (broad SMARTS) is 1. The molecule has 0 fully saturated rings. The smallest absolute Gasteiger partial charge is 0.336 e. The number of hydrogen-bond donors (Lipinski definition) is 3. The number of benzene rings is 1. The van der Waals surface area contributed by atoms with Crippen LogP contribution in [0.1, 0.15) is 26.3 Å². The third kappa shape index (κ3) is 3.19. The number of halogens is 1. The van der Waals surface area contributed by atoms with Gasteiger partial charge in [-0.15, -0.1) is 0 Å². The third-order valence-electron chi connectivity index (χ3n) is 2.87. The van der Waals surface area contributed by atoms with Gasteiger partial charge >= 0.3 is 5.97 Å². The maximum Gasteiger partial charge on any atom is 0.336 e. The summed E-state index contributed by atoms with van der Waals surface area (Å²) in [6, 6.07) is 6.40. The molecule has 1 aromatic heterocycles. The summed E-state index contributed by atoms with van der Waals surface area (Å²) in [6.45, 7) is 1.75. The van der Waals surface area contributed by atoms with Crippen molar-refractivity contribution in [2.75, 3.05) is 5.32 Å². The van der Waals surface area contributed by atoms with E-state index in [1.54, 1.807) is 31.3 Å². The Kier molecular flexibility index (Phi) is 4.23. The monoisotopic (exact) mass is 349 g/mol. The van der Waals surface area contributed by atoms with E-state index in [1.807, 2.05) is 0 Å². The van der Waals surface area contributed by atoms with Crippen LogP contribution >= 0.6 is 15.9 Å². The second kappa shape index (κ2) is 5.92. The van der Waals surface area contributed by atoms with E-state index >= 15 is 0 Å². The number of amides is 1. The van der Waals surface area contributed by atoms with Crippen molar-refractivity contribution in [1.29, 1.82) is 0 Å². The van der Waals surface area contributed by atoms with Crippen LogP contribution in [0.2, 0.25) is 0 Å². The largest absolute Gasteiger partial charge is 0.478 e. The van der Waals surface area contributed by atoms with Gasteiger partial charge in [0, 0.05) is 16.4 Å². The van der Waals surface area contributed by atoms with E-state index in [9.17, 15) is 9.59 Å². The Morgan fingerprint density at radius 2 is 2.05 bits per heavy atom. The fourth-order valence-electron chi connectivity index (χ4n) is 1.87. The molecule has 108 valence electrons. The number of aryl methyl sites for hydroxylation is 1. The molecular weight excluding hydrogens is 338 g/mol. The van der Waals surface area contributed by atoms with Gasteiger partial charge in [-0.3, -0.25) is 4.79 Å². The summed E-state index contributed by atoms with van der Waals surface area (Å²) in [5.74, 6) is -1.36. The number of aromatic nitrogens is 1. The standard InChI is InChI=1S/C14H12BrN3O3/c1-7-4-5-17-13(11(7)12(16)19)18-8-2-3-10(15)9(6-8)14(20)21/h2-6H,1H3,(H2,16,19)(H,17,18)(H,20,21). The molecule has 0 saturated heterocycles. The first kappa shape index (κ1) is 15.0. The van der Waals surface area contributed by atoms with Crippen molar-refractivity contribution in [1.82, 2.24) is 4.98 Å². The lowest BCUT2D eigenvalue weighted by atomic mass is 10.1. The fraction of sp³-hybridized carbons (Fsp3) is 0.0714. The van der Waals surface area contributed by atoms with Crippen LogP contribution in [0.15, 0.2) is 34.9 Å². The molecule has 2 rings (SSSR count). The minimum Gasteiger partial charge on any atom is -0.478 e. The number of nitrogens with zero attached hydrogens (tertiary/aromatic N) is 1. The first-order valence-corrected chi connectivity index (χ1v) is 6.74. The van der Waals surface area contributed by atoms with Gasteiger partial charge in [0.2, 0.25) is 0 Å². The van der Waals surface area contributed by atoms with Gasteiger partial charge in [-0.1, -0.05) is 0 Å². The number of hydrogen-bond acceptors (Lipinski definition) is 4. The summed E-state index contributed by atoms with van der Waals surface area (Å²) in [4.78, 5) is 26.7. The molecule has 0 atom stereocenters. The highest BCUT2D eigenvalue weighted by Gasteiger charge is 2.14. The lowest BCUT2D eigenvalue weighted by Crippen LogP contribution is -2.16. The summed E-state index contributed by atoms with van der Waals surface area (Å²) in [7, 11) is 0. The predicted molar refractivity (Wildman–Crippen MR) is 81.9 cm³/mol. The fourth-order valence-corrected chi connectivity index (χ4v) is 2.28. The molecule has 0 aliphatic carbocycles. The number of anilines is 2.